The molecular formula is C10H13N3O4S. The van der Waals surface area contributed by atoms with E-state index < -0.39 is 11.9 Å². The second-order valence-corrected chi connectivity index (χ2v) is 4.90. The monoisotopic (exact) mass is 271 g/mol. The second-order valence-electron chi connectivity index (χ2n) is 3.86. The molecule has 1 aliphatic heterocycles. The first-order valence-corrected chi connectivity index (χ1v) is 6.36. The van der Waals surface area contributed by atoms with E-state index in [0.29, 0.717) is 23.4 Å². The Hall–Kier alpha value is -1.54. The van der Waals surface area contributed by atoms with Crippen molar-refractivity contribution in [2.75, 3.05) is 18.1 Å². The number of carboxylic acids is 1. The number of hydrogen-bond donors (Lipinski definition) is 1. The van der Waals surface area contributed by atoms with Crippen molar-refractivity contribution in [1.82, 2.24) is 10.2 Å². The van der Waals surface area contributed by atoms with Gasteiger partial charge in [-0.1, -0.05) is 11.3 Å². The predicted octanol–water partition coefficient (Wildman–Crippen LogP) is 0.512. The maximum absolute atomic E-state index is 11.7. The number of rotatable bonds is 5. The summed E-state index contributed by atoms with van der Waals surface area (Å²) in [4.78, 5) is 23.9. The van der Waals surface area contributed by atoms with Crippen LogP contribution in [0, 0.1) is 5.92 Å². The average Bonchev–Trinajstić information content (AvgIpc) is 2.92. The third-order valence-corrected chi connectivity index (χ3v) is 3.51. The fourth-order valence-corrected chi connectivity index (χ4v) is 2.46. The minimum atomic E-state index is -0.954. The van der Waals surface area contributed by atoms with Crippen LogP contribution in [0.4, 0.5) is 5.13 Å². The zero-order valence-corrected chi connectivity index (χ0v) is 10.6. The number of carbonyl (C=O) groups is 2. The van der Waals surface area contributed by atoms with Crippen LogP contribution in [-0.2, 0) is 20.9 Å². The Balaban J connectivity index is 2.05. The van der Waals surface area contributed by atoms with Gasteiger partial charge in [-0.3, -0.25) is 14.5 Å². The third kappa shape index (κ3) is 2.65. The molecule has 0 aromatic carbocycles. The average molecular weight is 271 g/mol. The molecule has 1 aliphatic rings. The quantitative estimate of drug-likeness (QED) is 0.839. The summed E-state index contributed by atoms with van der Waals surface area (Å²) < 4.78 is 5.19. The van der Waals surface area contributed by atoms with E-state index in [1.807, 2.05) is 6.92 Å². The highest BCUT2D eigenvalue weighted by Gasteiger charge is 2.36. The summed E-state index contributed by atoms with van der Waals surface area (Å²) in [5.41, 5.74) is 0. The second kappa shape index (κ2) is 5.40. The Bertz CT molecular complexity index is 462. The van der Waals surface area contributed by atoms with Crippen molar-refractivity contribution in [3.63, 3.8) is 0 Å². The highest BCUT2D eigenvalue weighted by Crippen LogP contribution is 2.28. The van der Waals surface area contributed by atoms with E-state index in [9.17, 15) is 9.59 Å². The largest absolute Gasteiger partial charge is 0.481 e. The number of anilines is 1. The van der Waals surface area contributed by atoms with Gasteiger partial charge in [0, 0.05) is 19.6 Å². The van der Waals surface area contributed by atoms with Gasteiger partial charge in [-0.2, -0.15) is 0 Å². The van der Waals surface area contributed by atoms with E-state index in [-0.39, 0.29) is 18.9 Å². The molecule has 18 heavy (non-hydrogen) atoms. The molecule has 0 aliphatic carbocycles. The lowest BCUT2D eigenvalue weighted by atomic mass is 10.1. The van der Waals surface area contributed by atoms with Crippen molar-refractivity contribution in [3.05, 3.63) is 5.01 Å². The molecule has 1 atom stereocenters. The van der Waals surface area contributed by atoms with Crippen LogP contribution >= 0.6 is 11.3 Å². The van der Waals surface area contributed by atoms with Crippen LogP contribution in [0.25, 0.3) is 0 Å². The van der Waals surface area contributed by atoms with Gasteiger partial charge in [0.2, 0.25) is 11.0 Å². The molecule has 1 amide bonds. The van der Waals surface area contributed by atoms with Crippen LogP contribution in [-0.4, -0.2) is 40.3 Å². The molecule has 0 saturated carbocycles. The molecule has 1 aromatic heterocycles. The number of nitrogens with zero attached hydrogens (tertiary/aromatic N) is 3. The van der Waals surface area contributed by atoms with Crippen molar-refractivity contribution < 1.29 is 19.4 Å². The summed E-state index contributed by atoms with van der Waals surface area (Å²) in [6.07, 6.45) is 0.0235. The van der Waals surface area contributed by atoms with Crippen molar-refractivity contribution in [3.8, 4) is 0 Å². The first-order valence-electron chi connectivity index (χ1n) is 5.55. The van der Waals surface area contributed by atoms with Gasteiger partial charge < -0.3 is 9.84 Å². The summed E-state index contributed by atoms with van der Waals surface area (Å²) in [5.74, 6) is -1.83. The summed E-state index contributed by atoms with van der Waals surface area (Å²) in [5, 5.41) is 17.8. The van der Waals surface area contributed by atoms with Crippen LogP contribution in [0.3, 0.4) is 0 Å². The molecule has 98 valence electrons. The normalized spacial score (nSPS) is 19.5. The van der Waals surface area contributed by atoms with Crippen LogP contribution in [0.1, 0.15) is 18.4 Å². The van der Waals surface area contributed by atoms with Crippen LogP contribution in [0.2, 0.25) is 0 Å². The maximum atomic E-state index is 11.7. The summed E-state index contributed by atoms with van der Waals surface area (Å²) in [6, 6.07) is 0. The number of ether oxygens (including phenoxy) is 1. The standard InChI is InChI=1S/C10H13N3O4S/c1-2-17-5-7-11-12-10(18-7)13-4-6(9(15)16)3-8(13)14/h6H,2-5H2,1H3,(H,15,16). The van der Waals surface area contributed by atoms with Crippen molar-refractivity contribution in [1.29, 1.82) is 0 Å². The van der Waals surface area contributed by atoms with Crippen LogP contribution < -0.4 is 4.90 Å². The van der Waals surface area contributed by atoms with E-state index >= 15 is 0 Å². The fourth-order valence-electron chi connectivity index (χ4n) is 1.66. The number of aliphatic carboxylic acids is 1. The van der Waals surface area contributed by atoms with E-state index in [0.717, 1.165) is 0 Å². The zero-order chi connectivity index (χ0) is 13.1. The van der Waals surface area contributed by atoms with Gasteiger partial charge in [-0.25, -0.2) is 0 Å². The van der Waals surface area contributed by atoms with Gasteiger partial charge in [0.25, 0.3) is 0 Å². The lowest BCUT2D eigenvalue weighted by Gasteiger charge is -2.10. The lowest BCUT2D eigenvalue weighted by Crippen LogP contribution is -2.25. The van der Waals surface area contributed by atoms with E-state index in [1.165, 1.54) is 16.2 Å². The number of carbonyl (C=O) groups excluding carboxylic acids is 1. The first kappa shape index (κ1) is 12.9. The Morgan fingerprint density at radius 3 is 3.00 bits per heavy atom. The molecule has 2 rings (SSSR count). The highest BCUT2D eigenvalue weighted by atomic mass is 32.1. The minimum absolute atomic E-state index is 0.0235. The number of aromatic nitrogens is 2. The summed E-state index contributed by atoms with van der Waals surface area (Å²) in [7, 11) is 0. The van der Waals surface area contributed by atoms with Crippen molar-refractivity contribution in [2.24, 2.45) is 5.92 Å². The van der Waals surface area contributed by atoms with E-state index in [2.05, 4.69) is 10.2 Å². The fraction of sp³-hybridized carbons (Fsp3) is 0.600. The molecule has 1 unspecified atom stereocenters. The molecule has 0 radical (unpaired) electrons. The lowest BCUT2D eigenvalue weighted by molar-refractivity contribution is -0.141. The molecular weight excluding hydrogens is 258 g/mol. The third-order valence-electron chi connectivity index (χ3n) is 2.59. The molecule has 0 spiro atoms. The predicted molar refractivity (Wildman–Crippen MR) is 63.3 cm³/mol. The van der Waals surface area contributed by atoms with E-state index in [1.54, 1.807) is 0 Å². The summed E-state index contributed by atoms with van der Waals surface area (Å²) in [6.45, 7) is 2.98. The molecule has 8 heteroatoms. The zero-order valence-electron chi connectivity index (χ0n) is 9.83. The van der Waals surface area contributed by atoms with Crippen LogP contribution in [0.15, 0.2) is 0 Å². The highest BCUT2D eigenvalue weighted by molar-refractivity contribution is 7.15. The Morgan fingerprint density at radius 1 is 1.61 bits per heavy atom. The number of amides is 1. The van der Waals surface area contributed by atoms with E-state index in [4.69, 9.17) is 9.84 Å². The van der Waals surface area contributed by atoms with Gasteiger partial charge >= 0.3 is 5.97 Å². The minimum Gasteiger partial charge on any atom is -0.481 e. The van der Waals surface area contributed by atoms with Crippen molar-refractivity contribution in [2.45, 2.75) is 20.0 Å². The molecule has 1 N–H and O–H groups in total. The number of carboxylic acid groups (broad SMARTS) is 1. The van der Waals surface area contributed by atoms with Gasteiger partial charge in [0.15, 0.2) is 0 Å². The molecule has 7 nitrogen and oxygen atoms in total. The SMILES string of the molecule is CCOCc1nnc(N2CC(C(=O)O)CC2=O)s1. The van der Waals surface area contributed by atoms with Gasteiger partial charge in [-0.15, -0.1) is 10.2 Å². The maximum Gasteiger partial charge on any atom is 0.308 e. The number of hydrogen-bond acceptors (Lipinski definition) is 6. The Labute approximate surface area is 107 Å². The van der Waals surface area contributed by atoms with Gasteiger partial charge in [-0.05, 0) is 6.92 Å². The topological polar surface area (TPSA) is 92.6 Å². The smallest absolute Gasteiger partial charge is 0.308 e. The van der Waals surface area contributed by atoms with Gasteiger partial charge in [0.05, 0.1) is 5.92 Å². The Morgan fingerprint density at radius 2 is 2.39 bits per heavy atom. The summed E-state index contributed by atoms with van der Waals surface area (Å²) >= 11 is 1.25. The molecule has 1 saturated heterocycles. The molecule has 1 fully saturated rings. The molecule has 2 heterocycles. The van der Waals surface area contributed by atoms with Crippen LogP contribution in [0.5, 0.6) is 0 Å². The molecule has 1 aromatic rings. The Kier molecular flexibility index (Phi) is 3.87. The first-order chi connectivity index (χ1) is 8.61. The molecule has 0 bridgehead atoms. The van der Waals surface area contributed by atoms with Gasteiger partial charge in [0.1, 0.15) is 11.6 Å². The van der Waals surface area contributed by atoms with Crippen molar-refractivity contribution >= 4 is 28.3 Å².